The number of aromatic nitrogens is 1. The number of nitrogens with one attached hydrogen (secondary N) is 2. The summed E-state index contributed by atoms with van der Waals surface area (Å²) in [6.45, 7) is 0. The van der Waals surface area contributed by atoms with Crippen molar-refractivity contribution in [2.24, 2.45) is 0 Å². The Hall–Kier alpha value is -3.05. The monoisotopic (exact) mass is 353 g/mol. The molecule has 0 aliphatic heterocycles. The van der Waals surface area contributed by atoms with E-state index in [2.05, 4.69) is 15.6 Å². The minimum atomic E-state index is -0.241. The van der Waals surface area contributed by atoms with Crippen molar-refractivity contribution >= 4 is 34.7 Å². The summed E-state index contributed by atoms with van der Waals surface area (Å²) in [7, 11) is 1.62. The molecule has 1 heterocycles. The number of nitrogens with zero attached hydrogens (tertiary/aromatic N) is 1. The van der Waals surface area contributed by atoms with Gasteiger partial charge in [-0.2, -0.15) is 0 Å². The number of carbonyl (C=O) groups excluding carboxylic acids is 1. The highest BCUT2D eigenvalue weighted by molar-refractivity contribution is 6.30. The normalized spacial score (nSPS) is 10.2. The number of anilines is 3. The molecule has 0 radical (unpaired) electrons. The van der Waals surface area contributed by atoms with E-state index in [4.69, 9.17) is 16.3 Å². The topological polar surface area (TPSA) is 63.2 Å². The molecular formula is C19H16ClN3O2. The first-order valence-electron chi connectivity index (χ1n) is 7.59. The third kappa shape index (κ3) is 4.28. The molecule has 0 aliphatic carbocycles. The van der Waals surface area contributed by atoms with Crippen LogP contribution in [0.1, 0.15) is 10.4 Å². The number of rotatable bonds is 5. The first kappa shape index (κ1) is 16.8. The van der Waals surface area contributed by atoms with Crippen LogP contribution in [0.4, 0.5) is 17.2 Å². The predicted molar refractivity (Wildman–Crippen MR) is 99.9 cm³/mol. The van der Waals surface area contributed by atoms with Gasteiger partial charge in [-0.05, 0) is 48.5 Å². The highest BCUT2D eigenvalue weighted by atomic mass is 35.5. The summed E-state index contributed by atoms with van der Waals surface area (Å²) < 4.78 is 5.30. The molecule has 2 N–H and O–H groups in total. The molecule has 3 rings (SSSR count). The largest absolute Gasteiger partial charge is 0.495 e. The van der Waals surface area contributed by atoms with E-state index >= 15 is 0 Å². The van der Waals surface area contributed by atoms with E-state index in [0.717, 1.165) is 17.1 Å². The number of para-hydroxylation sites is 2. The fourth-order valence-corrected chi connectivity index (χ4v) is 2.36. The van der Waals surface area contributed by atoms with Crippen LogP contribution in [-0.2, 0) is 0 Å². The molecule has 0 aliphatic rings. The summed E-state index contributed by atoms with van der Waals surface area (Å²) in [6.07, 6.45) is 1.64. The van der Waals surface area contributed by atoms with Crippen LogP contribution in [-0.4, -0.2) is 18.0 Å². The van der Waals surface area contributed by atoms with E-state index in [1.54, 1.807) is 43.6 Å². The van der Waals surface area contributed by atoms with Gasteiger partial charge in [0, 0.05) is 10.6 Å². The van der Waals surface area contributed by atoms with Crippen molar-refractivity contribution in [2.45, 2.75) is 0 Å². The van der Waals surface area contributed by atoms with Crippen LogP contribution in [0.3, 0.4) is 0 Å². The lowest BCUT2D eigenvalue weighted by Crippen LogP contribution is -2.12. The van der Waals surface area contributed by atoms with Crippen molar-refractivity contribution in [1.29, 1.82) is 0 Å². The summed E-state index contributed by atoms with van der Waals surface area (Å²) in [5.41, 5.74) is 2.14. The predicted octanol–water partition coefficient (Wildman–Crippen LogP) is 4.74. The van der Waals surface area contributed by atoms with Crippen LogP contribution in [0.15, 0.2) is 66.9 Å². The summed E-state index contributed by atoms with van der Waals surface area (Å²) in [5, 5.41) is 6.56. The van der Waals surface area contributed by atoms with Crippen molar-refractivity contribution in [2.75, 3.05) is 17.7 Å². The van der Waals surface area contributed by atoms with Gasteiger partial charge in [0.05, 0.1) is 24.7 Å². The molecule has 0 saturated heterocycles. The molecule has 0 bridgehead atoms. The fraction of sp³-hybridized carbons (Fsp3) is 0.0526. The highest BCUT2D eigenvalue weighted by Crippen LogP contribution is 2.26. The third-order valence-corrected chi connectivity index (χ3v) is 3.75. The maximum Gasteiger partial charge on any atom is 0.256 e. The van der Waals surface area contributed by atoms with E-state index in [-0.39, 0.29) is 5.91 Å². The summed E-state index contributed by atoms with van der Waals surface area (Å²) in [4.78, 5) is 16.4. The zero-order chi connectivity index (χ0) is 17.6. The quantitative estimate of drug-likeness (QED) is 0.695. The average molecular weight is 354 g/mol. The van der Waals surface area contributed by atoms with Crippen LogP contribution in [0.5, 0.6) is 5.75 Å². The van der Waals surface area contributed by atoms with Gasteiger partial charge in [0.1, 0.15) is 11.6 Å². The first-order valence-corrected chi connectivity index (χ1v) is 7.96. The molecule has 126 valence electrons. The number of methoxy groups -OCH3 is 1. The van der Waals surface area contributed by atoms with Gasteiger partial charge < -0.3 is 15.4 Å². The van der Waals surface area contributed by atoms with Crippen molar-refractivity contribution in [3.8, 4) is 5.75 Å². The van der Waals surface area contributed by atoms with Gasteiger partial charge in [-0.3, -0.25) is 4.79 Å². The second-order valence-corrected chi connectivity index (χ2v) is 5.65. The Kier molecular flexibility index (Phi) is 5.16. The number of benzene rings is 2. The molecule has 1 aromatic heterocycles. The Labute approximate surface area is 150 Å². The molecule has 2 aromatic carbocycles. The Morgan fingerprint density at radius 2 is 1.80 bits per heavy atom. The third-order valence-electron chi connectivity index (χ3n) is 3.50. The molecule has 3 aromatic rings. The zero-order valence-electron chi connectivity index (χ0n) is 13.5. The Bertz CT molecular complexity index is 865. The van der Waals surface area contributed by atoms with Crippen LogP contribution in [0, 0.1) is 0 Å². The fourth-order valence-electron chi connectivity index (χ4n) is 2.23. The molecule has 1 amide bonds. The highest BCUT2D eigenvalue weighted by Gasteiger charge is 2.07. The lowest BCUT2D eigenvalue weighted by molar-refractivity contribution is 0.102. The van der Waals surface area contributed by atoms with Crippen LogP contribution >= 0.6 is 11.6 Å². The van der Waals surface area contributed by atoms with Crippen molar-refractivity contribution in [1.82, 2.24) is 4.98 Å². The minimum absolute atomic E-state index is 0.241. The molecular weight excluding hydrogens is 338 g/mol. The standard InChI is InChI=1S/C19H16ClN3O2/c1-25-17-5-3-2-4-16(17)22-15-10-11-18(21-12-15)23-19(24)13-6-8-14(20)9-7-13/h2-12,22H,1H3,(H,21,23,24). The van der Waals surface area contributed by atoms with Crippen LogP contribution in [0.2, 0.25) is 5.02 Å². The van der Waals surface area contributed by atoms with Crippen molar-refractivity contribution in [3.63, 3.8) is 0 Å². The molecule has 5 nitrogen and oxygen atoms in total. The molecule has 0 spiro atoms. The van der Waals surface area contributed by atoms with E-state index in [1.807, 2.05) is 30.3 Å². The van der Waals surface area contributed by atoms with Gasteiger partial charge >= 0.3 is 0 Å². The molecule has 0 unspecified atom stereocenters. The van der Waals surface area contributed by atoms with Crippen LogP contribution < -0.4 is 15.4 Å². The summed E-state index contributed by atoms with van der Waals surface area (Å²) in [6, 6.07) is 17.8. The first-order chi connectivity index (χ1) is 12.2. The number of ether oxygens (including phenoxy) is 1. The second kappa shape index (κ2) is 7.68. The van der Waals surface area contributed by atoms with Gasteiger partial charge in [-0.1, -0.05) is 23.7 Å². The molecule has 25 heavy (non-hydrogen) atoms. The number of hydrogen-bond acceptors (Lipinski definition) is 4. The molecule has 0 fully saturated rings. The molecule has 0 saturated carbocycles. The lowest BCUT2D eigenvalue weighted by Gasteiger charge is -2.11. The lowest BCUT2D eigenvalue weighted by atomic mass is 10.2. The number of halogens is 1. The van der Waals surface area contributed by atoms with E-state index in [1.165, 1.54) is 0 Å². The SMILES string of the molecule is COc1ccccc1Nc1ccc(NC(=O)c2ccc(Cl)cc2)nc1. The average Bonchev–Trinajstić information content (AvgIpc) is 2.64. The maximum absolute atomic E-state index is 12.2. The Balaban J connectivity index is 1.68. The number of pyridine rings is 1. The molecule has 0 atom stereocenters. The Morgan fingerprint density at radius 1 is 1.04 bits per heavy atom. The van der Waals surface area contributed by atoms with Gasteiger partial charge in [0.15, 0.2) is 0 Å². The van der Waals surface area contributed by atoms with Gasteiger partial charge in [0.2, 0.25) is 0 Å². The number of carbonyl (C=O) groups is 1. The van der Waals surface area contributed by atoms with Gasteiger partial charge in [0.25, 0.3) is 5.91 Å². The van der Waals surface area contributed by atoms with Crippen molar-refractivity contribution in [3.05, 3.63) is 77.4 Å². The molecule has 6 heteroatoms. The number of amides is 1. The van der Waals surface area contributed by atoms with Gasteiger partial charge in [-0.25, -0.2) is 4.98 Å². The van der Waals surface area contributed by atoms with E-state index < -0.39 is 0 Å². The van der Waals surface area contributed by atoms with Crippen molar-refractivity contribution < 1.29 is 9.53 Å². The minimum Gasteiger partial charge on any atom is -0.495 e. The zero-order valence-corrected chi connectivity index (χ0v) is 14.2. The maximum atomic E-state index is 12.2. The Morgan fingerprint density at radius 3 is 2.48 bits per heavy atom. The second-order valence-electron chi connectivity index (χ2n) is 5.22. The smallest absolute Gasteiger partial charge is 0.256 e. The summed E-state index contributed by atoms with van der Waals surface area (Å²) >= 11 is 5.82. The van der Waals surface area contributed by atoms with E-state index in [9.17, 15) is 4.79 Å². The van der Waals surface area contributed by atoms with Gasteiger partial charge in [-0.15, -0.1) is 0 Å². The van der Waals surface area contributed by atoms with E-state index in [0.29, 0.717) is 16.4 Å². The van der Waals surface area contributed by atoms with Crippen LogP contribution in [0.25, 0.3) is 0 Å². The number of hydrogen-bond donors (Lipinski definition) is 2. The summed E-state index contributed by atoms with van der Waals surface area (Å²) in [5.74, 6) is 0.961.